The largest absolute Gasteiger partial charge is 0.494 e. The van der Waals surface area contributed by atoms with Crippen molar-refractivity contribution >= 4 is 11.6 Å². The number of carbonyl (C=O) groups is 1. The topological polar surface area (TPSA) is 29.5 Å². The highest BCUT2D eigenvalue weighted by Gasteiger charge is 2.35. The second-order valence-electron chi connectivity index (χ2n) is 7.03. The molecule has 0 saturated carbocycles. The van der Waals surface area contributed by atoms with Gasteiger partial charge >= 0.3 is 0 Å². The first kappa shape index (κ1) is 18.3. The number of rotatable bonds is 5. The van der Waals surface area contributed by atoms with E-state index in [-0.39, 0.29) is 11.9 Å². The molecule has 1 aliphatic rings. The smallest absolute Gasteiger partial charge is 0.232 e. The summed E-state index contributed by atoms with van der Waals surface area (Å²) in [4.78, 5) is 15.2. The molecule has 0 N–H and O–H groups in total. The molecular formula is C25H25NO2. The van der Waals surface area contributed by atoms with Gasteiger partial charge in [-0.1, -0.05) is 61.5 Å². The van der Waals surface area contributed by atoms with E-state index in [0.29, 0.717) is 13.0 Å². The summed E-state index contributed by atoms with van der Waals surface area (Å²) < 4.78 is 5.94. The number of fused-ring (bicyclic) bond motifs is 1. The van der Waals surface area contributed by atoms with Crippen molar-refractivity contribution in [3.63, 3.8) is 0 Å². The van der Waals surface area contributed by atoms with Gasteiger partial charge in [0.05, 0.1) is 19.1 Å². The number of hydrogen-bond acceptors (Lipinski definition) is 2. The minimum absolute atomic E-state index is 0.124. The third-order valence-corrected chi connectivity index (χ3v) is 5.32. The van der Waals surface area contributed by atoms with Crippen molar-refractivity contribution < 1.29 is 9.53 Å². The summed E-state index contributed by atoms with van der Waals surface area (Å²) in [6.45, 7) is 4.76. The number of para-hydroxylation sites is 1. The van der Waals surface area contributed by atoms with Gasteiger partial charge in [0.15, 0.2) is 0 Å². The van der Waals surface area contributed by atoms with E-state index in [1.165, 1.54) is 0 Å². The molecule has 0 radical (unpaired) electrons. The first-order valence-corrected chi connectivity index (χ1v) is 9.93. The maximum Gasteiger partial charge on any atom is 0.232 e. The summed E-state index contributed by atoms with van der Waals surface area (Å²) in [7, 11) is 0. The monoisotopic (exact) mass is 371 g/mol. The van der Waals surface area contributed by atoms with Gasteiger partial charge in [0, 0.05) is 5.69 Å². The Balaban J connectivity index is 1.93. The second-order valence-corrected chi connectivity index (χ2v) is 7.03. The summed E-state index contributed by atoms with van der Waals surface area (Å²) in [6.07, 6.45) is 1.29. The molecule has 0 saturated heterocycles. The van der Waals surface area contributed by atoms with Gasteiger partial charge in [-0.15, -0.1) is 0 Å². The van der Waals surface area contributed by atoms with Crippen LogP contribution < -0.4 is 9.64 Å². The highest BCUT2D eigenvalue weighted by molar-refractivity contribution is 5.98. The maximum absolute atomic E-state index is 13.2. The Morgan fingerprint density at radius 1 is 0.964 bits per heavy atom. The van der Waals surface area contributed by atoms with Crippen molar-refractivity contribution in [2.45, 2.75) is 32.7 Å². The number of hydrogen-bond donors (Lipinski definition) is 0. The van der Waals surface area contributed by atoms with E-state index in [1.807, 2.05) is 60.4 Å². The lowest BCUT2D eigenvalue weighted by atomic mass is 9.85. The molecule has 3 aromatic carbocycles. The standard InChI is InChI=1S/C25H25NO2/c1-3-18-15-20-16-24(27)26(21-13-9-6-10-14-21)25(19-11-7-5-8-12-19)22(20)17-23(18)28-4-2/h5-15,17,25H,3-4,16H2,1-2H3. The second kappa shape index (κ2) is 7.89. The van der Waals surface area contributed by atoms with Crippen LogP contribution in [0, 0.1) is 0 Å². The molecule has 3 heteroatoms. The molecule has 1 unspecified atom stereocenters. The number of carbonyl (C=O) groups excluding carboxylic acids is 1. The fraction of sp³-hybridized carbons (Fsp3) is 0.240. The summed E-state index contributed by atoms with van der Waals surface area (Å²) in [5.74, 6) is 1.05. The van der Waals surface area contributed by atoms with Gasteiger partial charge in [-0.2, -0.15) is 0 Å². The molecule has 0 fully saturated rings. The predicted molar refractivity (Wildman–Crippen MR) is 113 cm³/mol. The molecule has 1 amide bonds. The zero-order chi connectivity index (χ0) is 19.5. The van der Waals surface area contributed by atoms with E-state index in [4.69, 9.17) is 4.74 Å². The van der Waals surface area contributed by atoms with Gasteiger partial charge in [0.25, 0.3) is 0 Å². The Bertz CT molecular complexity index is 967. The van der Waals surface area contributed by atoms with Crippen LogP contribution in [0.25, 0.3) is 0 Å². The maximum atomic E-state index is 13.2. The fourth-order valence-electron chi connectivity index (χ4n) is 4.04. The Labute approximate surface area is 166 Å². The molecule has 142 valence electrons. The molecule has 0 spiro atoms. The molecule has 3 aromatic rings. The van der Waals surface area contributed by atoms with Crippen LogP contribution in [0.3, 0.4) is 0 Å². The minimum atomic E-state index is -0.162. The van der Waals surface area contributed by atoms with Gasteiger partial charge < -0.3 is 9.64 Å². The predicted octanol–water partition coefficient (Wildman–Crippen LogP) is 5.33. The van der Waals surface area contributed by atoms with Crippen molar-refractivity contribution in [1.29, 1.82) is 0 Å². The molecule has 1 atom stereocenters. The Hall–Kier alpha value is -3.07. The van der Waals surface area contributed by atoms with Crippen molar-refractivity contribution in [3.8, 4) is 5.75 Å². The lowest BCUT2D eigenvalue weighted by Gasteiger charge is -2.38. The van der Waals surface area contributed by atoms with Crippen LogP contribution in [-0.2, 0) is 17.6 Å². The normalized spacial score (nSPS) is 16.0. The van der Waals surface area contributed by atoms with Crippen LogP contribution in [0.1, 0.15) is 42.1 Å². The first-order valence-electron chi connectivity index (χ1n) is 9.93. The number of amides is 1. The fourth-order valence-corrected chi connectivity index (χ4v) is 4.04. The number of anilines is 1. The third kappa shape index (κ3) is 3.29. The molecule has 3 nitrogen and oxygen atoms in total. The van der Waals surface area contributed by atoms with E-state index < -0.39 is 0 Å². The molecule has 28 heavy (non-hydrogen) atoms. The van der Waals surface area contributed by atoms with Gasteiger partial charge in [-0.05, 0) is 53.8 Å². The van der Waals surface area contributed by atoms with E-state index in [9.17, 15) is 4.79 Å². The lowest BCUT2D eigenvalue weighted by molar-refractivity contribution is -0.118. The van der Waals surface area contributed by atoms with E-state index in [2.05, 4.69) is 31.2 Å². The third-order valence-electron chi connectivity index (χ3n) is 5.32. The van der Waals surface area contributed by atoms with Gasteiger partial charge in [-0.3, -0.25) is 4.79 Å². The molecule has 1 heterocycles. The van der Waals surface area contributed by atoms with Crippen LogP contribution in [0.2, 0.25) is 0 Å². The van der Waals surface area contributed by atoms with Crippen molar-refractivity contribution in [2.24, 2.45) is 0 Å². The lowest BCUT2D eigenvalue weighted by Crippen LogP contribution is -2.41. The molecule has 4 rings (SSSR count). The Kier molecular flexibility index (Phi) is 5.16. The molecule has 1 aliphatic heterocycles. The minimum Gasteiger partial charge on any atom is -0.494 e. The van der Waals surface area contributed by atoms with Gasteiger partial charge in [0.1, 0.15) is 5.75 Å². The number of aryl methyl sites for hydroxylation is 1. The van der Waals surface area contributed by atoms with Crippen molar-refractivity contribution in [3.05, 3.63) is 95.1 Å². The quantitative estimate of drug-likeness (QED) is 0.607. The Morgan fingerprint density at radius 2 is 1.64 bits per heavy atom. The van der Waals surface area contributed by atoms with Crippen LogP contribution in [-0.4, -0.2) is 12.5 Å². The van der Waals surface area contributed by atoms with Crippen LogP contribution >= 0.6 is 0 Å². The first-order chi connectivity index (χ1) is 13.7. The van der Waals surface area contributed by atoms with Gasteiger partial charge in [0.2, 0.25) is 5.91 Å². The SMILES string of the molecule is CCOc1cc2c(cc1CC)CC(=O)N(c1ccccc1)C2c1ccccc1. The summed E-state index contributed by atoms with van der Waals surface area (Å²) in [5, 5.41) is 0. The molecule has 0 aromatic heterocycles. The molecule has 0 aliphatic carbocycles. The summed E-state index contributed by atoms with van der Waals surface area (Å²) in [5.41, 5.74) is 5.44. The average Bonchev–Trinajstić information content (AvgIpc) is 2.74. The summed E-state index contributed by atoms with van der Waals surface area (Å²) >= 11 is 0. The Morgan fingerprint density at radius 3 is 2.29 bits per heavy atom. The van der Waals surface area contributed by atoms with Crippen LogP contribution in [0.5, 0.6) is 5.75 Å². The zero-order valence-corrected chi connectivity index (χ0v) is 16.4. The number of benzene rings is 3. The van der Waals surface area contributed by atoms with E-state index >= 15 is 0 Å². The van der Waals surface area contributed by atoms with Crippen LogP contribution in [0.15, 0.2) is 72.8 Å². The molecular weight excluding hydrogens is 346 g/mol. The number of nitrogens with zero attached hydrogens (tertiary/aromatic N) is 1. The summed E-state index contributed by atoms with van der Waals surface area (Å²) in [6, 6.07) is 24.3. The zero-order valence-electron chi connectivity index (χ0n) is 16.4. The van der Waals surface area contributed by atoms with Gasteiger partial charge in [-0.25, -0.2) is 0 Å². The highest BCUT2D eigenvalue weighted by atomic mass is 16.5. The van der Waals surface area contributed by atoms with Crippen LogP contribution in [0.4, 0.5) is 5.69 Å². The van der Waals surface area contributed by atoms with Crippen molar-refractivity contribution in [1.82, 2.24) is 0 Å². The molecule has 0 bridgehead atoms. The number of ether oxygens (including phenoxy) is 1. The average molecular weight is 371 g/mol. The van der Waals surface area contributed by atoms with E-state index in [0.717, 1.165) is 40.1 Å². The van der Waals surface area contributed by atoms with E-state index in [1.54, 1.807) is 0 Å². The highest BCUT2D eigenvalue weighted by Crippen LogP contribution is 2.41. The van der Waals surface area contributed by atoms with Crippen molar-refractivity contribution in [2.75, 3.05) is 11.5 Å².